The van der Waals surface area contributed by atoms with Crippen molar-refractivity contribution >= 4 is 11.8 Å². The Balaban J connectivity index is 2.14. The summed E-state index contributed by atoms with van der Waals surface area (Å²) < 4.78 is 0. The van der Waals surface area contributed by atoms with Crippen LogP contribution in [0.2, 0.25) is 0 Å². The van der Waals surface area contributed by atoms with Crippen molar-refractivity contribution in [1.29, 1.82) is 0 Å². The van der Waals surface area contributed by atoms with Crippen molar-refractivity contribution in [3.05, 3.63) is 0 Å². The van der Waals surface area contributed by atoms with Crippen molar-refractivity contribution in [3.8, 4) is 0 Å². The zero-order valence-electron chi connectivity index (χ0n) is 6.39. The number of hydrogen-bond acceptors (Lipinski definition) is 1. The maximum atomic E-state index is 2.35. The summed E-state index contributed by atoms with van der Waals surface area (Å²) in [7, 11) is 0. The molecule has 1 heteroatoms. The quantitative estimate of drug-likeness (QED) is 0.574. The van der Waals surface area contributed by atoms with Crippen molar-refractivity contribution in [2.24, 2.45) is 0 Å². The Morgan fingerprint density at radius 2 is 2.22 bits per heavy atom. The largest absolute Gasteiger partial charge is 0.155 e. The summed E-state index contributed by atoms with van der Waals surface area (Å²) in [6.45, 7) is 4.63. The minimum absolute atomic E-state index is 0.946. The van der Waals surface area contributed by atoms with Crippen LogP contribution in [-0.4, -0.2) is 10.5 Å². The van der Waals surface area contributed by atoms with Crippen LogP contribution in [-0.2, 0) is 0 Å². The number of rotatable bonds is 2. The highest BCUT2D eigenvalue weighted by molar-refractivity contribution is 8.00. The van der Waals surface area contributed by atoms with Crippen LogP contribution in [0.15, 0.2) is 0 Å². The van der Waals surface area contributed by atoms with E-state index in [1.807, 2.05) is 0 Å². The average molecular weight is 144 g/mol. The molecule has 0 aromatic rings. The molecule has 0 bridgehead atoms. The van der Waals surface area contributed by atoms with E-state index < -0.39 is 0 Å². The van der Waals surface area contributed by atoms with Crippen molar-refractivity contribution in [2.75, 3.05) is 0 Å². The van der Waals surface area contributed by atoms with Gasteiger partial charge in [-0.3, -0.25) is 0 Å². The maximum Gasteiger partial charge on any atom is 0.00500 e. The fourth-order valence-electron chi connectivity index (χ4n) is 1.42. The highest BCUT2D eigenvalue weighted by Gasteiger charge is 2.20. The van der Waals surface area contributed by atoms with Gasteiger partial charge in [-0.2, -0.15) is 11.8 Å². The fourth-order valence-corrected chi connectivity index (χ4v) is 2.99. The van der Waals surface area contributed by atoms with Gasteiger partial charge in [0.25, 0.3) is 0 Å². The Bertz CT molecular complexity index is 78.6. The molecule has 0 aliphatic carbocycles. The van der Waals surface area contributed by atoms with E-state index in [4.69, 9.17) is 0 Å². The SMILES string of the molecule is CCC[C@@H]1CC[C@H](C)S1. The molecule has 0 aromatic carbocycles. The van der Waals surface area contributed by atoms with Crippen LogP contribution in [0.25, 0.3) is 0 Å². The van der Waals surface area contributed by atoms with E-state index in [1.54, 1.807) is 0 Å². The lowest BCUT2D eigenvalue weighted by molar-refractivity contribution is 0.684. The molecule has 0 aromatic heterocycles. The summed E-state index contributed by atoms with van der Waals surface area (Å²) in [5.74, 6) is 0. The van der Waals surface area contributed by atoms with E-state index in [-0.39, 0.29) is 0 Å². The first-order valence-electron chi connectivity index (χ1n) is 3.98. The molecule has 2 atom stereocenters. The summed E-state index contributed by atoms with van der Waals surface area (Å²) in [4.78, 5) is 0. The Morgan fingerprint density at radius 1 is 1.44 bits per heavy atom. The van der Waals surface area contributed by atoms with Gasteiger partial charge in [0.2, 0.25) is 0 Å². The molecule has 0 saturated carbocycles. The maximum absolute atomic E-state index is 2.35. The molecule has 0 unspecified atom stereocenters. The van der Waals surface area contributed by atoms with Crippen LogP contribution < -0.4 is 0 Å². The van der Waals surface area contributed by atoms with Gasteiger partial charge in [0.1, 0.15) is 0 Å². The first-order valence-corrected chi connectivity index (χ1v) is 4.92. The Labute approximate surface area is 62.4 Å². The molecule has 54 valence electrons. The Kier molecular flexibility index (Phi) is 2.90. The van der Waals surface area contributed by atoms with Gasteiger partial charge < -0.3 is 0 Å². The van der Waals surface area contributed by atoms with Crippen LogP contribution in [0.3, 0.4) is 0 Å². The topological polar surface area (TPSA) is 0 Å². The van der Waals surface area contributed by atoms with Gasteiger partial charge in [0.15, 0.2) is 0 Å². The second-order valence-corrected chi connectivity index (χ2v) is 4.68. The fraction of sp³-hybridized carbons (Fsp3) is 1.00. The van der Waals surface area contributed by atoms with Gasteiger partial charge in [0, 0.05) is 10.5 Å². The molecule has 0 spiro atoms. The molecule has 1 fully saturated rings. The summed E-state index contributed by atoms with van der Waals surface area (Å²) in [5, 5.41) is 1.95. The summed E-state index contributed by atoms with van der Waals surface area (Å²) >= 11 is 2.19. The Morgan fingerprint density at radius 3 is 2.67 bits per heavy atom. The average Bonchev–Trinajstić information content (AvgIpc) is 2.17. The molecule has 0 N–H and O–H groups in total. The number of hydrogen-bond donors (Lipinski definition) is 0. The van der Waals surface area contributed by atoms with Gasteiger partial charge in [-0.05, 0) is 19.3 Å². The van der Waals surface area contributed by atoms with E-state index in [0.29, 0.717) is 0 Å². The highest BCUT2D eigenvalue weighted by atomic mass is 32.2. The minimum atomic E-state index is 0.946. The molecule has 1 aliphatic heterocycles. The summed E-state index contributed by atoms with van der Waals surface area (Å²) in [6.07, 6.45) is 5.73. The van der Waals surface area contributed by atoms with E-state index in [2.05, 4.69) is 25.6 Å². The van der Waals surface area contributed by atoms with Crippen LogP contribution in [0.5, 0.6) is 0 Å². The van der Waals surface area contributed by atoms with Gasteiger partial charge in [-0.25, -0.2) is 0 Å². The molecule has 0 amide bonds. The monoisotopic (exact) mass is 144 g/mol. The third-order valence-electron chi connectivity index (χ3n) is 1.93. The van der Waals surface area contributed by atoms with Crippen LogP contribution in [0.4, 0.5) is 0 Å². The third-order valence-corrected chi connectivity index (χ3v) is 3.49. The Hall–Kier alpha value is 0.350. The molecule has 0 radical (unpaired) electrons. The normalized spacial score (nSPS) is 35.3. The molecule has 0 nitrogen and oxygen atoms in total. The molecular weight excluding hydrogens is 128 g/mol. The van der Waals surface area contributed by atoms with Gasteiger partial charge in [-0.1, -0.05) is 20.3 Å². The van der Waals surface area contributed by atoms with Gasteiger partial charge in [-0.15, -0.1) is 0 Å². The van der Waals surface area contributed by atoms with Crippen molar-refractivity contribution in [3.63, 3.8) is 0 Å². The lowest BCUT2D eigenvalue weighted by Crippen LogP contribution is -1.94. The van der Waals surface area contributed by atoms with Crippen LogP contribution in [0.1, 0.15) is 39.5 Å². The van der Waals surface area contributed by atoms with Crippen molar-refractivity contribution < 1.29 is 0 Å². The molecule has 1 rings (SSSR count). The lowest BCUT2D eigenvalue weighted by atomic mass is 10.1. The van der Waals surface area contributed by atoms with E-state index >= 15 is 0 Å². The molecule has 1 heterocycles. The second-order valence-electron chi connectivity index (χ2n) is 2.93. The second kappa shape index (κ2) is 3.50. The number of thioether (sulfide) groups is 1. The predicted octanol–water partition coefficient (Wildman–Crippen LogP) is 3.07. The van der Waals surface area contributed by atoms with E-state index in [1.165, 1.54) is 25.7 Å². The molecule has 9 heavy (non-hydrogen) atoms. The van der Waals surface area contributed by atoms with Crippen molar-refractivity contribution in [1.82, 2.24) is 0 Å². The first kappa shape index (κ1) is 7.46. The molecule has 1 aliphatic rings. The van der Waals surface area contributed by atoms with Crippen molar-refractivity contribution in [2.45, 2.75) is 50.0 Å². The highest BCUT2D eigenvalue weighted by Crippen LogP contribution is 2.35. The minimum Gasteiger partial charge on any atom is -0.155 e. The van der Waals surface area contributed by atoms with E-state index in [0.717, 1.165) is 10.5 Å². The molecular formula is C8H16S. The lowest BCUT2D eigenvalue weighted by Gasteiger charge is -2.05. The van der Waals surface area contributed by atoms with Crippen LogP contribution >= 0.6 is 11.8 Å². The third kappa shape index (κ3) is 2.21. The zero-order chi connectivity index (χ0) is 6.69. The standard InChI is InChI=1S/C8H16S/c1-3-4-8-6-5-7(2)9-8/h7-8H,3-6H2,1-2H3/t7-,8+/m0/s1. The van der Waals surface area contributed by atoms with Crippen LogP contribution in [0, 0.1) is 0 Å². The summed E-state index contributed by atoms with van der Waals surface area (Å²) in [6, 6.07) is 0. The van der Waals surface area contributed by atoms with E-state index in [9.17, 15) is 0 Å². The predicted molar refractivity (Wildman–Crippen MR) is 45.0 cm³/mol. The van der Waals surface area contributed by atoms with Gasteiger partial charge in [0.05, 0.1) is 0 Å². The molecule has 1 saturated heterocycles. The smallest absolute Gasteiger partial charge is 0.00500 e. The summed E-state index contributed by atoms with van der Waals surface area (Å²) in [5.41, 5.74) is 0. The van der Waals surface area contributed by atoms with Gasteiger partial charge >= 0.3 is 0 Å². The zero-order valence-corrected chi connectivity index (χ0v) is 7.21. The first-order chi connectivity index (χ1) is 4.33.